The lowest BCUT2D eigenvalue weighted by atomic mass is 9.92. The van der Waals surface area contributed by atoms with Crippen LogP contribution in [-0.4, -0.2) is 12.6 Å². The maximum absolute atomic E-state index is 11.0. The van der Waals surface area contributed by atoms with Crippen LogP contribution in [0, 0.1) is 11.8 Å². The van der Waals surface area contributed by atoms with Crippen LogP contribution in [0.25, 0.3) is 0 Å². The van der Waals surface area contributed by atoms with Gasteiger partial charge in [0.1, 0.15) is 0 Å². The summed E-state index contributed by atoms with van der Waals surface area (Å²) in [6, 6.07) is 0. The molecule has 1 aliphatic heterocycles. The Morgan fingerprint density at radius 1 is 1.45 bits per heavy atom. The van der Waals surface area contributed by atoms with E-state index in [-0.39, 0.29) is 5.97 Å². The van der Waals surface area contributed by atoms with Gasteiger partial charge in [-0.25, -0.2) is 4.79 Å². The highest BCUT2D eigenvalue weighted by Gasteiger charge is 2.22. The number of rotatable bonds is 0. The third-order valence-corrected chi connectivity index (χ3v) is 2.31. The summed E-state index contributed by atoms with van der Waals surface area (Å²) in [5.74, 6) is 0.744. The topological polar surface area (TPSA) is 26.3 Å². The Balaban J connectivity index is 2.66. The lowest BCUT2D eigenvalue weighted by Gasteiger charge is -2.13. The van der Waals surface area contributed by atoms with Crippen molar-refractivity contribution in [3.05, 3.63) is 12.2 Å². The Morgan fingerprint density at radius 2 is 2.09 bits per heavy atom. The van der Waals surface area contributed by atoms with E-state index in [1.807, 2.05) is 0 Å². The zero-order chi connectivity index (χ0) is 8.43. The number of esters is 1. The van der Waals surface area contributed by atoms with Crippen LogP contribution >= 0.6 is 0 Å². The molecule has 0 spiro atoms. The molecule has 0 amide bonds. The van der Waals surface area contributed by atoms with E-state index in [1.54, 1.807) is 0 Å². The minimum Gasteiger partial charge on any atom is -0.462 e. The molecule has 0 radical (unpaired) electrons. The summed E-state index contributed by atoms with van der Waals surface area (Å²) in [7, 11) is 0. The summed E-state index contributed by atoms with van der Waals surface area (Å²) in [6.07, 6.45) is 0.778. The number of cyclic esters (lactones) is 1. The van der Waals surface area contributed by atoms with Crippen molar-refractivity contribution < 1.29 is 9.53 Å². The van der Waals surface area contributed by atoms with E-state index in [2.05, 4.69) is 20.4 Å². The summed E-state index contributed by atoms with van der Waals surface area (Å²) in [6.45, 7) is 8.42. The van der Waals surface area contributed by atoms with Crippen LogP contribution in [0.3, 0.4) is 0 Å². The molecule has 0 N–H and O–H groups in total. The molecule has 1 saturated heterocycles. The summed E-state index contributed by atoms with van der Waals surface area (Å²) >= 11 is 0. The van der Waals surface area contributed by atoms with Crippen molar-refractivity contribution in [3.63, 3.8) is 0 Å². The first-order valence-electron chi connectivity index (χ1n) is 3.96. The van der Waals surface area contributed by atoms with Gasteiger partial charge in [-0.3, -0.25) is 0 Å². The fraction of sp³-hybridized carbons (Fsp3) is 0.667. The van der Waals surface area contributed by atoms with Crippen molar-refractivity contribution in [2.24, 2.45) is 11.8 Å². The highest BCUT2D eigenvalue weighted by molar-refractivity contribution is 5.87. The van der Waals surface area contributed by atoms with Crippen molar-refractivity contribution in [2.45, 2.75) is 20.3 Å². The monoisotopic (exact) mass is 154 g/mol. The van der Waals surface area contributed by atoms with E-state index in [9.17, 15) is 4.79 Å². The molecule has 1 aliphatic rings. The molecule has 0 aromatic carbocycles. The van der Waals surface area contributed by atoms with E-state index in [4.69, 9.17) is 4.74 Å². The van der Waals surface area contributed by atoms with Crippen molar-refractivity contribution >= 4 is 5.97 Å². The molecule has 0 aliphatic carbocycles. The first-order chi connectivity index (χ1) is 5.11. The Kier molecular flexibility index (Phi) is 2.32. The lowest BCUT2D eigenvalue weighted by Crippen LogP contribution is -2.11. The predicted molar refractivity (Wildman–Crippen MR) is 43.0 cm³/mol. The van der Waals surface area contributed by atoms with Gasteiger partial charge in [0.05, 0.1) is 6.61 Å². The van der Waals surface area contributed by atoms with Crippen LogP contribution in [0.4, 0.5) is 0 Å². The van der Waals surface area contributed by atoms with Gasteiger partial charge in [0.15, 0.2) is 0 Å². The predicted octanol–water partition coefficient (Wildman–Crippen LogP) is 1.76. The van der Waals surface area contributed by atoms with Crippen molar-refractivity contribution in [3.8, 4) is 0 Å². The van der Waals surface area contributed by atoms with Gasteiger partial charge >= 0.3 is 5.97 Å². The van der Waals surface area contributed by atoms with Gasteiger partial charge in [-0.05, 0) is 18.3 Å². The fourth-order valence-corrected chi connectivity index (χ4v) is 1.15. The molecule has 0 bridgehead atoms. The van der Waals surface area contributed by atoms with Crippen LogP contribution in [0.15, 0.2) is 12.2 Å². The molecule has 1 rings (SSSR count). The largest absolute Gasteiger partial charge is 0.462 e. The number of carbonyl (C=O) groups excluding carboxylic acids is 1. The average Bonchev–Trinajstić information content (AvgIpc) is 2.05. The molecule has 0 aromatic rings. The van der Waals surface area contributed by atoms with Gasteiger partial charge in [-0.1, -0.05) is 20.4 Å². The number of hydrogen-bond donors (Lipinski definition) is 0. The van der Waals surface area contributed by atoms with E-state index < -0.39 is 0 Å². The highest BCUT2D eigenvalue weighted by Crippen LogP contribution is 2.23. The molecule has 2 heteroatoms. The SMILES string of the molecule is C=C1C[C@H](C)[C@@H](C)COC1=O. The smallest absolute Gasteiger partial charge is 0.333 e. The summed E-state index contributed by atoms with van der Waals surface area (Å²) in [5.41, 5.74) is 0.613. The third-order valence-electron chi connectivity index (χ3n) is 2.31. The van der Waals surface area contributed by atoms with Crippen molar-refractivity contribution in [1.82, 2.24) is 0 Å². The standard InChI is InChI=1S/C9H14O2/c1-6-4-7(2)9(10)11-5-8(6)3/h6,8H,2,4-5H2,1,3H3/t6-,8-/m0/s1. The van der Waals surface area contributed by atoms with Gasteiger partial charge < -0.3 is 4.74 Å². The molecule has 0 saturated carbocycles. The van der Waals surface area contributed by atoms with Gasteiger partial charge in [0, 0.05) is 5.57 Å². The second-order valence-electron chi connectivity index (χ2n) is 3.36. The molecule has 0 unspecified atom stereocenters. The second-order valence-corrected chi connectivity index (χ2v) is 3.36. The van der Waals surface area contributed by atoms with Gasteiger partial charge in [-0.15, -0.1) is 0 Å². The Morgan fingerprint density at radius 3 is 2.73 bits per heavy atom. The fourth-order valence-electron chi connectivity index (χ4n) is 1.15. The van der Waals surface area contributed by atoms with E-state index in [0.29, 0.717) is 24.0 Å². The molecule has 11 heavy (non-hydrogen) atoms. The summed E-state index contributed by atoms with van der Waals surface area (Å²) in [5, 5.41) is 0. The molecular weight excluding hydrogens is 140 g/mol. The van der Waals surface area contributed by atoms with Gasteiger partial charge in [-0.2, -0.15) is 0 Å². The molecule has 62 valence electrons. The quantitative estimate of drug-likeness (QED) is 0.392. The van der Waals surface area contributed by atoms with Crippen molar-refractivity contribution in [1.29, 1.82) is 0 Å². The van der Waals surface area contributed by atoms with Crippen LogP contribution in [0.5, 0.6) is 0 Å². The zero-order valence-corrected chi connectivity index (χ0v) is 7.09. The number of carbonyl (C=O) groups is 1. The first-order valence-corrected chi connectivity index (χ1v) is 3.96. The maximum Gasteiger partial charge on any atom is 0.333 e. The van der Waals surface area contributed by atoms with Gasteiger partial charge in [0.25, 0.3) is 0 Å². The third kappa shape index (κ3) is 1.82. The molecule has 0 aromatic heterocycles. The van der Waals surface area contributed by atoms with Crippen LogP contribution < -0.4 is 0 Å². The summed E-state index contributed by atoms with van der Waals surface area (Å²) < 4.78 is 4.96. The minimum atomic E-state index is -0.221. The van der Waals surface area contributed by atoms with E-state index in [1.165, 1.54) is 0 Å². The normalized spacial score (nSPS) is 32.9. The lowest BCUT2D eigenvalue weighted by molar-refractivity contribution is -0.139. The first kappa shape index (κ1) is 8.31. The molecule has 1 fully saturated rings. The van der Waals surface area contributed by atoms with E-state index >= 15 is 0 Å². The molecule has 2 atom stereocenters. The zero-order valence-electron chi connectivity index (χ0n) is 7.09. The summed E-state index contributed by atoms with van der Waals surface area (Å²) in [4.78, 5) is 11.0. The van der Waals surface area contributed by atoms with Crippen LogP contribution in [0.2, 0.25) is 0 Å². The Labute approximate surface area is 67.2 Å². The second kappa shape index (κ2) is 3.07. The van der Waals surface area contributed by atoms with Crippen LogP contribution in [-0.2, 0) is 9.53 Å². The van der Waals surface area contributed by atoms with Crippen molar-refractivity contribution in [2.75, 3.05) is 6.61 Å². The highest BCUT2D eigenvalue weighted by atomic mass is 16.5. The minimum absolute atomic E-state index is 0.221. The van der Waals surface area contributed by atoms with Crippen LogP contribution in [0.1, 0.15) is 20.3 Å². The van der Waals surface area contributed by atoms with Gasteiger partial charge in [0.2, 0.25) is 0 Å². The van der Waals surface area contributed by atoms with E-state index in [0.717, 1.165) is 6.42 Å². The molecule has 2 nitrogen and oxygen atoms in total. The Hall–Kier alpha value is -0.790. The number of hydrogen-bond acceptors (Lipinski definition) is 2. The Bertz CT molecular complexity index is 184. The maximum atomic E-state index is 11.0. The molecule has 1 heterocycles. The number of ether oxygens (including phenoxy) is 1. The molecular formula is C9H14O2. The average molecular weight is 154 g/mol.